The van der Waals surface area contributed by atoms with Crippen molar-refractivity contribution < 1.29 is 0 Å². The van der Waals surface area contributed by atoms with Gasteiger partial charge in [0.1, 0.15) is 0 Å². The molecule has 0 nitrogen and oxygen atoms in total. The Morgan fingerprint density at radius 2 is 1.40 bits per heavy atom. The maximum atomic E-state index is 2.61. The van der Waals surface area contributed by atoms with Crippen LogP contribution in [0.1, 0.15) is 53.4 Å². The van der Waals surface area contributed by atoms with Crippen LogP contribution in [-0.4, -0.2) is 0 Å². The van der Waals surface area contributed by atoms with E-state index in [-0.39, 0.29) is 0 Å². The average molecular weight is 206 g/mol. The molecule has 0 heterocycles. The van der Waals surface area contributed by atoms with Gasteiger partial charge in [0.15, 0.2) is 0 Å². The Hall–Kier alpha value is -0.260. The molecule has 0 aromatic carbocycles. The van der Waals surface area contributed by atoms with Gasteiger partial charge in [-0.3, -0.25) is 0 Å². The molecule has 0 aromatic heterocycles. The van der Waals surface area contributed by atoms with Gasteiger partial charge in [0, 0.05) is 0 Å². The van der Waals surface area contributed by atoms with Gasteiger partial charge >= 0.3 is 0 Å². The number of rotatable bonds is 3. The zero-order valence-corrected chi connectivity index (χ0v) is 10.8. The molecule has 0 spiro atoms. The first-order chi connectivity index (χ1) is 7.08. The van der Waals surface area contributed by atoms with E-state index in [4.69, 9.17) is 0 Å². The van der Waals surface area contributed by atoms with Crippen LogP contribution in [0.4, 0.5) is 0 Å². The van der Waals surface area contributed by atoms with Gasteiger partial charge in [0.2, 0.25) is 0 Å². The van der Waals surface area contributed by atoms with Gasteiger partial charge in [-0.05, 0) is 55.3 Å². The van der Waals surface area contributed by atoms with Gasteiger partial charge < -0.3 is 0 Å². The van der Waals surface area contributed by atoms with E-state index in [1.165, 1.54) is 25.7 Å². The van der Waals surface area contributed by atoms with Crippen LogP contribution < -0.4 is 0 Å². The molecule has 0 saturated heterocycles. The van der Waals surface area contributed by atoms with Gasteiger partial charge in [0.25, 0.3) is 0 Å². The van der Waals surface area contributed by atoms with Crippen LogP contribution in [0.25, 0.3) is 0 Å². The monoisotopic (exact) mass is 206 g/mol. The molecular formula is C15H26. The smallest absolute Gasteiger partial charge is 0.0230 e. The second kappa shape index (κ2) is 4.31. The largest absolute Gasteiger partial charge is 0.0822 e. The summed E-state index contributed by atoms with van der Waals surface area (Å²) in [4.78, 5) is 0. The molecule has 0 radical (unpaired) electrons. The molecule has 0 aromatic rings. The Balaban J connectivity index is 2.04. The maximum absolute atomic E-state index is 2.61. The minimum atomic E-state index is 0.863. The van der Waals surface area contributed by atoms with Crippen molar-refractivity contribution in [3.63, 3.8) is 0 Å². The lowest BCUT2D eigenvalue weighted by atomic mass is 9.80. The SMILES string of the molecule is CC(C)C1CC(=CC2CC2)CC1C(C)C. The van der Waals surface area contributed by atoms with Crippen molar-refractivity contribution in [2.75, 3.05) is 0 Å². The van der Waals surface area contributed by atoms with E-state index in [0.29, 0.717) is 0 Å². The molecule has 0 heteroatoms. The van der Waals surface area contributed by atoms with Crippen LogP contribution in [0.3, 0.4) is 0 Å². The molecule has 2 unspecified atom stereocenters. The Morgan fingerprint density at radius 3 is 1.73 bits per heavy atom. The highest BCUT2D eigenvalue weighted by molar-refractivity contribution is 5.15. The topological polar surface area (TPSA) is 0 Å². The first kappa shape index (κ1) is 11.2. The first-order valence-electron chi connectivity index (χ1n) is 6.77. The Labute approximate surface area is 95.1 Å². The van der Waals surface area contributed by atoms with Gasteiger partial charge in [-0.15, -0.1) is 0 Å². The number of hydrogen-bond donors (Lipinski definition) is 0. The molecule has 0 amide bonds. The van der Waals surface area contributed by atoms with E-state index in [0.717, 1.165) is 29.6 Å². The summed E-state index contributed by atoms with van der Waals surface area (Å²) in [6, 6.07) is 0. The fraction of sp³-hybridized carbons (Fsp3) is 0.867. The van der Waals surface area contributed by atoms with Crippen molar-refractivity contribution in [1.29, 1.82) is 0 Å². The van der Waals surface area contributed by atoms with Crippen LogP contribution in [0.2, 0.25) is 0 Å². The fourth-order valence-corrected chi connectivity index (χ4v) is 3.18. The lowest BCUT2D eigenvalue weighted by Gasteiger charge is -2.25. The Kier molecular flexibility index (Phi) is 3.23. The van der Waals surface area contributed by atoms with Gasteiger partial charge in [-0.1, -0.05) is 39.3 Å². The molecule has 0 aliphatic heterocycles. The summed E-state index contributed by atoms with van der Waals surface area (Å²) in [5, 5.41) is 0. The van der Waals surface area contributed by atoms with Crippen LogP contribution in [0.5, 0.6) is 0 Å². The van der Waals surface area contributed by atoms with E-state index in [2.05, 4.69) is 33.8 Å². The molecule has 2 saturated carbocycles. The molecule has 2 aliphatic carbocycles. The zero-order chi connectivity index (χ0) is 11.0. The third-order valence-electron chi connectivity index (χ3n) is 4.35. The molecule has 2 aliphatic rings. The second-order valence-corrected chi connectivity index (χ2v) is 6.39. The van der Waals surface area contributed by atoms with E-state index < -0.39 is 0 Å². The maximum Gasteiger partial charge on any atom is -0.0230 e. The van der Waals surface area contributed by atoms with Crippen LogP contribution >= 0.6 is 0 Å². The molecule has 86 valence electrons. The van der Waals surface area contributed by atoms with Gasteiger partial charge in [-0.25, -0.2) is 0 Å². The van der Waals surface area contributed by atoms with E-state index in [9.17, 15) is 0 Å². The molecule has 0 N–H and O–H groups in total. The lowest BCUT2D eigenvalue weighted by Crippen LogP contribution is -2.18. The summed E-state index contributed by atoms with van der Waals surface area (Å²) in [7, 11) is 0. The summed E-state index contributed by atoms with van der Waals surface area (Å²) in [6.07, 6.45) is 8.33. The Bertz CT molecular complexity index is 225. The fourth-order valence-electron chi connectivity index (χ4n) is 3.18. The van der Waals surface area contributed by atoms with Crippen molar-refractivity contribution in [3.05, 3.63) is 11.6 Å². The second-order valence-electron chi connectivity index (χ2n) is 6.39. The molecule has 0 bridgehead atoms. The van der Waals surface area contributed by atoms with Crippen molar-refractivity contribution >= 4 is 0 Å². The van der Waals surface area contributed by atoms with Crippen molar-refractivity contribution in [2.24, 2.45) is 29.6 Å². The normalized spacial score (nSPS) is 31.7. The Morgan fingerprint density at radius 1 is 0.933 bits per heavy atom. The highest BCUT2D eigenvalue weighted by atomic mass is 14.4. The van der Waals surface area contributed by atoms with Crippen molar-refractivity contribution in [2.45, 2.75) is 53.4 Å². The molecular weight excluding hydrogens is 180 g/mol. The summed E-state index contributed by atoms with van der Waals surface area (Å²) >= 11 is 0. The van der Waals surface area contributed by atoms with Crippen LogP contribution in [0, 0.1) is 29.6 Å². The van der Waals surface area contributed by atoms with E-state index >= 15 is 0 Å². The lowest BCUT2D eigenvalue weighted by molar-refractivity contribution is 0.235. The van der Waals surface area contributed by atoms with Crippen LogP contribution in [-0.2, 0) is 0 Å². The summed E-state index contributed by atoms with van der Waals surface area (Å²) in [6.45, 7) is 9.61. The highest BCUT2D eigenvalue weighted by Gasteiger charge is 2.35. The zero-order valence-electron chi connectivity index (χ0n) is 10.8. The highest BCUT2D eigenvalue weighted by Crippen LogP contribution is 2.45. The molecule has 2 fully saturated rings. The first-order valence-corrected chi connectivity index (χ1v) is 6.77. The summed E-state index contributed by atoms with van der Waals surface area (Å²) < 4.78 is 0. The van der Waals surface area contributed by atoms with Crippen molar-refractivity contribution in [1.82, 2.24) is 0 Å². The third kappa shape index (κ3) is 2.65. The molecule has 15 heavy (non-hydrogen) atoms. The van der Waals surface area contributed by atoms with Crippen LogP contribution in [0.15, 0.2) is 11.6 Å². The van der Waals surface area contributed by atoms with Gasteiger partial charge in [0.05, 0.1) is 0 Å². The minimum Gasteiger partial charge on any atom is -0.0822 e. The molecule has 2 atom stereocenters. The predicted octanol–water partition coefficient (Wildman–Crippen LogP) is 4.66. The van der Waals surface area contributed by atoms with Gasteiger partial charge in [-0.2, -0.15) is 0 Å². The molecule has 2 rings (SSSR count). The minimum absolute atomic E-state index is 0.863. The standard InChI is InChI=1S/C15H26/c1-10(2)14-8-13(7-12-5-6-12)9-15(14)11(3)4/h7,10-12,14-15H,5-6,8-9H2,1-4H3. The van der Waals surface area contributed by atoms with Crippen molar-refractivity contribution in [3.8, 4) is 0 Å². The quantitative estimate of drug-likeness (QED) is 0.589. The predicted molar refractivity (Wildman–Crippen MR) is 66.7 cm³/mol. The number of allylic oxidation sites excluding steroid dienone is 2. The third-order valence-corrected chi connectivity index (χ3v) is 4.35. The average Bonchev–Trinajstić information content (AvgIpc) is 2.81. The summed E-state index contributed by atoms with van der Waals surface area (Å²) in [5.74, 6) is 4.61. The number of hydrogen-bond acceptors (Lipinski definition) is 0. The van der Waals surface area contributed by atoms with E-state index in [1.807, 2.05) is 0 Å². The summed E-state index contributed by atoms with van der Waals surface area (Å²) in [5.41, 5.74) is 1.79. The van der Waals surface area contributed by atoms with E-state index in [1.54, 1.807) is 5.57 Å².